The van der Waals surface area contributed by atoms with Crippen molar-refractivity contribution in [1.82, 2.24) is 9.97 Å². The van der Waals surface area contributed by atoms with Crippen molar-refractivity contribution in [3.05, 3.63) is 53.6 Å². The van der Waals surface area contributed by atoms with Crippen molar-refractivity contribution in [2.45, 2.75) is 51.1 Å². The largest absolute Gasteiger partial charge is 0.381 e. The number of nitrogens with zero attached hydrogens (tertiary/aromatic N) is 1. The number of aryl methyl sites for hydroxylation is 1. The lowest BCUT2D eigenvalue weighted by molar-refractivity contribution is 0.102. The number of aromatic amines is 1. The number of amides is 1. The Morgan fingerprint density at radius 3 is 2.66 bits per heavy atom. The van der Waals surface area contributed by atoms with E-state index in [0.29, 0.717) is 11.3 Å². The maximum absolute atomic E-state index is 13.2. The minimum absolute atomic E-state index is 0.255. The van der Waals surface area contributed by atoms with Crippen LogP contribution in [0.25, 0.3) is 11.0 Å². The van der Waals surface area contributed by atoms with Crippen LogP contribution in [-0.4, -0.2) is 28.0 Å². The number of nitrogens with two attached hydrogens (primary N) is 1. The van der Waals surface area contributed by atoms with Crippen LogP contribution in [-0.2, 0) is 6.42 Å². The number of hydrogen-bond donors (Lipinski definition) is 4. The van der Waals surface area contributed by atoms with Crippen LogP contribution in [0.5, 0.6) is 0 Å². The number of rotatable bonds is 5. The van der Waals surface area contributed by atoms with Crippen LogP contribution < -0.4 is 16.4 Å². The molecule has 5 N–H and O–H groups in total. The minimum Gasteiger partial charge on any atom is -0.381 e. The Morgan fingerprint density at radius 2 is 1.97 bits per heavy atom. The average Bonchev–Trinajstić information content (AvgIpc) is 3.15. The first-order chi connectivity index (χ1) is 14.0. The number of nitrogens with one attached hydrogen (secondary N) is 3. The molecule has 0 radical (unpaired) electrons. The Balaban J connectivity index is 1.67. The number of hydrogen-bond acceptors (Lipinski definition) is 4. The number of halogens is 1. The number of fused-ring (bicyclic) bond motifs is 1. The Hall–Kier alpha value is -2.93. The highest BCUT2D eigenvalue weighted by molar-refractivity contribution is 6.12. The van der Waals surface area contributed by atoms with Crippen molar-refractivity contribution >= 4 is 28.3 Å². The van der Waals surface area contributed by atoms with Gasteiger partial charge in [-0.1, -0.05) is 6.92 Å². The first-order valence-corrected chi connectivity index (χ1v) is 10.1. The molecule has 0 spiro atoms. The number of aromatic nitrogens is 2. The van der Waals surface area contributed by atoms with Crippen molar-refractivity contribution in [3.8, 4) is 0 Å². The number of pyridine rings is 1. The van der Waals surface area contributed by atoms with E-state index in [1.807, 2.05) is 6.07 Å². The highest BCUT2D eigenvalue weighted by Gasteiger charge is 2.23. The summed E-state index contributed by atoms with van der Waals surface area (Å²) in [6, 6.07) is 8.29. The smallest absolute Gasteiger partial charge is 0.259 e. The van der Waals surface area contributed by atoms with Crippen LogP contribution in [0.1, 0.15) is 48.7 Å². The van der Waals surface area contributed by atoms with E-state index in [4.69, 9.17) is 5.73 Å². The summed E-state index contributed by atoms with van der Waals surface area (Å²) in [4.78, 5) is 20.8. The van der Waals surface area contributed by atoms with Gasteiger partial charge in [0.05, 0.1) is 11.3 Å². The monoisotopic (exact) mass is 395 g/mol. The first kappa shape index (κ1) is 19.4. The van der Waals surface area contributed by atoms with Gasteiger partial charge in [0.25, 0.3) is 5.91 Å². The second-order valence-electron chi connectivity index (χ2n) is 7.67. The number of carbonyl (C=O) groups excluding carboxylic acids is 1. The zero-order chi connectivity index (χ0) is 20.4. The van der Waals surface area contributed by atoms with E-state index in [1.54, 1.807) is 18.3 Å². The Bertz CT molecular complexity index is 1010. The molecule has 7 heteroatoms. The number of carbonyl (C=O) groups is 1. The molecule has 1 aromatic carbocycles. The summed E-state index contributed by atoms with van der Waals surface area (Å²) in [7, 11) is 0. The third-order valence-electron chi connectivity index (χ3n) is 5.56. The fourth-order valence-corrected chi connectivity index (χ4v) is 3.85. The van der Waals surface area contributed by atoms with Gasteiger partial charge in [0.2, 0.25) is 0 Å². The predicted octanol–water partition coefficient (Wildman–Crippen LogP) is 4.20. The quantitative estimate of drug-likeness (QED) is 0.521. The number of benzene rings is 1. The standard InChI is InChI=1S/C22H26FN5O/c1-2-15-11-18-20(26-16-9-5-14(24)6-10-16)19(12-25-21(18)27-15)22(29)28-17-7-3-13(23)4-8-17/h3-4,7-8,11-12,14,16H,2,5-6,9-10,24H2,1H3,(H,28,29)(H2,25,26,27)/t14-,16-. The lowest BCUT2D eigenvalue weighted by atomic mass is 9.91. The third kappa shape index (κ3) is 4.24. The summed E-state index contributed by atoms with van der Waals surface area (Å²) in [6.45, 7) is 2.07. The fraction of sp³-hybridized carbons (Fsp3) is 0.364. The lowest BCUT2D eigenvalue weighted by Gasteiger charge is -2.28. The van der Waals surface area contributed by atoms with E-state index in [9.17, 15) is 9.18 Å². The van der Waals surface area contributed by atoms with E-state index in [0.717, 1.165) is 54.5 Å². The van der Waals surface area contributed by atoms with E-state index in [-0.39, 0.29) is 23.8 Å². The van der Waals surface area contributed by atoms with Gasteiger partial charge in [0, 0.05) is 35.0 Å². The number of anilines is 2. The molecule has 4 rings (SSSR count). The third-order valence-corrected chi connectivity index (χ3v) is 5.56. The molecular formula is C22H26FN5O. The zero-order valence-electron chi connectivity index (χ0n) is 16.5. The molecule has 1 aliphatic carbocycles. The molecule has 0 atom stereocenters. The molecule has 3 aromatic rings. The van der Waals surface area contributed by atoms with Gasteiger partial charge in [-0.15, -0.1) is 0 Å². The van der Waals surface area contributed by atoms with Gasteiger partial charge < -0.3 is 21.4 Å². The summed E-state index contributed by atoms with van der Waals surface area (Å²) in [5.41, 5.74) is 9.66. The summed E-state index contributed by atoms with van der Waals surface area (Å²) in [5, 5.41) is 7.34. The SMILES string of the molecule is CCc1cc2c(N[C@H]3CC[C@H](N)CC3)c(C(=O)Nc3ccc(F)cc3)cnc2[nH]1. The highest BCUT2D eigenvalue weighted by Crippen LogP contribution is 2.31. The van der Waals surface area contributed by atoms with E-state index in [2.05, 4.69) is 27.5 Å². The van der Waals surface area contributed by atoms with Gasteiger partial charge >= 0.3 is 0 Å². The fourth-order valence-electron chi connectivity index (χ4n) is 3.85. The molecular weight excluding hydrogens is 369 g/mol. The maximum atomic E-state index is 13.2. The highest BCUT2D eigenvalue weighted by atomic mass is 19.1. The van der Waals surface area contributed by atoms with E-state index in [1.165, 1.54) is 12.1 Å². The molecule has 1 aliphatic rings. The van der Waals surface area contributed by atoms with E-state index >= 15 is 0 Å². The van der Waals surface area contributed by atoms with Crippen LogP contribution in [0.4, 0.5) is 15.8 Å². The maximum Gasteiger partial charge on any atom is 0.259 e. The molecule has 2 aromatic heterocycles. The molecule has 0 unspecified atom stereocenters. The van der Waals surface area contributed by atoms with Crippen molar-refractivity contribution < 1.29 is 9.18 Å². The summed E-state index contributed by atoms with van der Waals surface area (Å²) in [5.74, 6) is -0.622. The van der Waals surface area contributed by atoms with E-state index < -0.39 is 0 Å². The van der Waals surface area contributed by atoms with Gasteiger partial charge in [-0.05, 0) is 62.4 Å². The molecule has 1 amide bonds. The van der Waals surface area contributed by atoms with Crippen LogP contribution in [0, 0.1) is 5.82 Å². The molecule has 29 heavy (non-hydrogen) atoms. The average molecular weight is 395 g/mol. The molecule has 6 nitrogen and oxygen atoms in total. The molecule has 0 saturated heterocycles. The van der Waals surface area contributed by atoms with Gasteiger partial charge in [-0.3, -0.25) is 4.79 Å². The summed E-state index contributed by atoms with van der Waals surface area (Å²) >= 11 is 0. The Labute approximate surface area is 169 Å². The Kier molecular flexibility index (Phi) is 5.49. The second kappa shape index (κ2) is 8.21. The van der Waals surface area contributed by atoms with Crippen LogP contribution in [0.3, 0.4) is 0 Å². The molecule has 2 heterocycles. The van der Waals surface area contributed by atoms with Crippen LogP contribution in [0.15, 0.2) is 36.5 Å². The Morgan fingerprint density at radius 1 is 1.24 bits per heavy atom. The van der Waals surface area contributed by atoms with Gasteiger partial charge in [-0.2, -0.15) is 0 Å². The second-order valence-corrected chi connectivity index (χ2v) is 7.67. The molecule has 0 bridgehead atoms. The van der Waals surface area contributed by atoms with Gasteiger partial charge in [-0.25, -0.2) is 9.37 Å². The first-order valence-electron chi connectivity index (χ1n) is 10.1. The van der Waals surface area contributed by atoms with Gasteiger partial charge in [0.1, 0.15) is 11.5 Å². The van der Waals surface area contributed by atoms with Crippen molar-refractivity contribution in [2.75, 3.05) is 10.6 Å². The van der Waals surface area contributed by atoms with Crippen molar-refractivity contribution in [1.29, 1.82) is 0 Å². The zero-order valence-corrected chi connectivity index (χ0v) is 16.5. The normalized spacial score (nSPS) is 19.3. The van der Waals surface area contributed by atoms with Crippen molar-refractivity contribution in [2.24, 2.45) is 5.73 Å². The molecule has 1 saturated carbocycles. The predicted molar refractivity (Wildman–Crippen MR) is 114 cm³/mol. The van der Waals surface area contributed by atoms with Crippen molar-refractivity contribution in [3.63, 3.8) is 0 Å². The topological polar surface area (TPSA) is 95.8 Å². The molecule has 0 aliphatic heterocycles. The summed E-state index contributed by atoms with van der Waals surface area (Å²) in [6.07, 6.45) is 6.32. The lowest BCUT2D eigenvalue weighted by Crippen LogP contribution is -2.33. The van der Waals surface area contributed by atoms with Crippen LogP contribution >= 0.6 is 0 Å². The summed E-state index contributed by atoms with van der Waals surface area (Å²) < 4.78 is 13.2. The van der Waals surface area contributed by atoms with Crippen LogP contribution in [0.2, 0.25) is 0 Å². The molecule has 152 valence electrons. The number of H-pyrrole nitrogens is 1. The van der Waals surface area contributed by atoms with Gasteiger partial charge in [0.15, 0.2) is 0 Å². The molecule has 1 fully saturated rings. The minimum atomic E-state index is -0.344.